The van der Waals surface area contributed by atoms with Crippen molar-refractivity contribution in [2.45, 2.75) is 11.4 Å². The van der Waals surface area contributed by atoms with Gasteiger partial charge in [-0.15, -0.1) is 11.8 Å². The van der Waals surface area contributed by atoms with Gasteiger partial charge in [-0.2, -0.15) is 0 Å². The van der Waals surface area contributed by atoms with Gasteiger partial charge in [0, 0.05) is 10.2 Å². The van der Waals surface area contributed by atoms with Crippen molar-refractivity contribution in [1.82, 2.24) is 5.32 Å². The number of nitrogens with one attached hydrogen (secondary N) is 1. The third kappa shape index (κ3) is 2.53. The molecule has 2 atom stereocenters. The van der Waals surface area contributed by atoms with Crippen LogP contribution in [0.3, 0.4) is 0 Å². The second kappa shape index (κ2) is 4.96. The van der Waals surface area contributed by atoms with Gasteiger partial charge in [0.05, 0.1) is 10.4 Å². The number of thioether (sulfide) groups is 1. The lowest BCUT2D eigenvalue weighted by Gasteiger charge is -2.11. The molecule has 1 fully saturated rings. The first kappa shape index (κ1) is 12.2. The summed E-state index contributed by atoms with van der Waals surface area (Å²) in [6.45, 7) is 0. The van der Waals surface area contributed by atoms with E-state index >= 15 is 0 Å². The maximum absolute atomic E-state index is 10.8. The molecule has 0 aromatic heterocycles. The van der Waals surface area contributed by atoms with E-state index in [0.29, 0.717) is 10.8 Å². The van der Waals surface area contributed by atoms with Crippen LogP contribution in [0.4, 0.5) is 0 Å². The first-order chi connectivity index (χ1) is 7.58. The number of hydrogen-bond donors (Lipinski definition) is 2. The zero-order chi connectivity index (χ0) is 11.7. The van der Waals surface area contributed by atoms with Gasteiger partial charge in [-0.3, -0.25) is 10.1 Å². The monoisotopic (exact) mass is 321 g/mol. The number of carbonyl (C=O) groups is 1. The van der Waals surface area contributed by atoms with Gasteiger partial charge in [-0.05, 0) is 33.6 Å². The van der Waals surface area contributed by atoms with Crippen LogP contribution in [0.1, 0.15) is 10.9 Å². The van der Waals surface area contributed by atoms with Crippen molar-refractivity contribution in [3.63, 3.8) is 0 Å². The van der Waals surface area contributed by atoms with Gasteiger partial charge in [0.1, 0.15) is 6.04 Å². The van der Waals surface area contributed by atoms with Crippen molar-refractivity contribution in [3.8, 4) is 0 Å². The highest BCUT2D eigenvalue weighted by atomic mass is 79.9. The molecule has 1 aromatic rings. The lowest BCUT2D eigenvalue weighted by atomic mass is 10.2. The highest BCUT2D eigenvalue weighted by molar-refractivity contribution is 9.10. The minimum atomic E-state index is -0.807. The van der Waals surface area contributed by atoms with Gasteiger partial charge < -0.3 is 5.11 Å². The fraction of sp³-hybridized carbons (Fsp3) is 0.300. The second-order valence-corrected chi connectivity index (χ2v) is 5.84. The van der Waals surface area contributed by atoms with Crippen LogP contribution in [0, 0.1) is 0 Å². The van der Waals surface area contributed by atoms with E-state index in [4.69, 9.17) is 16.7 Å². The zero-order valence-electron chi connectivity index (χ0n) is 8.11. The van der Waals surface area contributed by atoms with Gasteiger partial charge >= 0.3 is 5.97 Å². The van der Waals surface area contributed by atoms with Gasteiger partial charge in [0.2, 0.25) is 0 Å². The van der Waals surface area contributed by atoms with Crippen LogP contribution < -0.4 is 5.32 Å². The Kier molecular flexibility index (Phi) is 3.79. The number of halogens is 2. The minimum absolute atomic E-state index is 0.00620. The smallest absolute Gasteiger partial charge is 0.321 e. The van der Waals surface area contributed by atoms with Crippen molar-refractivity contribution < 1.29 is 9.90 Å². The van der Waals surface area contributed by atoms with E-state index in [2.05, 4.69) is 21.2 Å². The van der Waals surface area contributed by atoms with Gasteiger partial charge in [-0.25, -0.2) is 0 Å². The van der Waals surface area contributed by atoms with E-state index < -0.39 is 12.0 Å². The Bertz CT molecular complexity index is 429. The summed E-state index contributed by atoms with van der Waals surface area (Å²) in [4.78, 5) is 10.8. The summed E-state index contributed by atoms with van der Waals surface area (Å²) < 4.78 is 0.843. The average molecular weight is 323 g/mol. The summed E-state index contributed by atoms with van der Waals surface area (Å²) in [7, 11) is 0. The molecule has 3 nitrogen and oxygen atoms in total. The number of aliphatic carboxylic acids is 1. The van der Waals surface area contributed by atoms with Crippen molar-refractivity contribution in [3.05, 3.63) is 33.3 Å². The lowest BCUT2D eigenvalue weighted by Crippen LogP contribution is -2.33. The molecule has 1 saturated heterocycles. The molecular weight excluding hydrogens is 314 g/mol. The normalized spacial score (nSPS) is 24.6. The van der Waals surface area contributed by atoms with E-state index in [0.717, 1.165) is 10.0 Å². The Hall–Kier alpha value is -0.230. The molecule has 0 amide bonds. The molecule has 2 unspecified atom stereocenters. The summed E-state index contributed by atoms with van der Waals surface area (Å²) >= 11 is 10.9. The predicted molar refractivity (Wildman–Crippen MR) is 68.9 cm³/mol. The van der Waals surface area contributed by atoms with Crippen molar-refractivity contribution in [2.75, 3.05) is 5.75 Å². The van der Waals surface area contributed by atoms with Crippen LogP contribution in [0.15, 0.2) is 22.7 Å². The SMILES string of the molecule is O=C(O)C1CSC(c2ccc(Br)c(Cl)c2)N1. The highest BCUT2D eigenvalue weighted by Crippen LogP contribution is 2.35. The molecule has 1 aromatic carbocycles. The Labute approximate surface area is 111 Å². The number of benzene rings is 1. The average Bonchev–Trinajstić information content (AvgIpc) is 2.71. The standard InChI is InChI=1S/C10H9BrClNO2S/c11-6-2-1-5(3-7(6)12)9-13-8(4-16-9)10(14)15/h1-3,8-9,13H,4H2,(H,14,15). The van der Waals surface area contributed by atoms with Crippen LogP contribution in [-0.2, 0) is 4.79 Å². The summed E-state index contributed by atoms with van der Waals surface area (Å²) in [5.74, 6) is -0.230. The van der Waals surface area contributed by atoms with Crippen LogP contribution in [0.2, 0.25) is 5.02 Å². The molecule has 6 heteroatoms. The molecule has 86 valence electrons. The second-order valence-electron chi connectivity index (χ2n) is 3.44. The van der Waals surface area contributed by atoms with Gasteiger partial charge in [-0.1, -0.05) is 17.7 Å². The quantitative estimate of drug-likeness (QED) is 0.879. The Morgan fingerprint density at radius 2 is 2.38 bits per heavy atom. The van der Waals surface area contributed by atoms with E-state index in [9.17, 15) is 4.79 Å². The largest absolute Gasteiger partial charge is 0.480 e. The van der Waals surface area contributed by atoms with Crippen molar-refractivity contribution in [1.29, 1.82) is 0 Å². The first-order valence-corrected chi connectivity index (χ1v) is 6.85. The van der Waals surface area contributed by atoms with Crippen molar-refractivity contribution >= 4 is 45.3 Å². The van der Waals surface area contributed by atoms with Crippen LogP contribution in [0.25, 0.3) is 0 Å². The van der Waals surface area contributed by atoms with E-state index in [1.165, 1.54) is 0 Å². The molecular formula is C10H9BrClNO2S. The van der Waals surface area contributed by atoms with Crippen LogP contribution >= 0.6 is 39.3 Å². The Morgan fingerprint density at radius 1 is 1.62 bits per heavy atom. The summed E-state index contributed by atoms with van der Waals surface area (Å²) in [5.41, 5.74) is 1.00. The van der Waals surface area contributed by atoms with E-state index in [-0.39, 0.29) is 5.37 Å². The minimum Gasteiger partial charge on any atom is -0.480 e. The molecule has 1 heterocycles. The molecule has 0 radical (unpaired) electrons. The summed E-state index contributed by atoms with van der Waals surface area (Å²) in [5, 5.41) is 12.6. The number of carboxylic acids is 1. The number of carboxylic acid groups (broad SMARTS) is 1. The van der Waals surface area contributed by atoms with Gasteiger partial charge in [0.25, 0.3) is 0 Å². The molecule has 0 aliphatic carbocycles. The molecule has 2 N–H and O–H groups in total. The fourth-order valence-electron chi connectivity index (χ4n) is 1.48. The summed E-state index contributed by atoms with van der Waals surface area (Å²) in [6.07, 6.45) is 0. The van der Waals surface area contributed by atoms with Crippen LogP contribution in [-0.4, -0.2) is 22.9 Å². The highest BCUT2D eigenvalue weighted by Gasteiger charge is 2.30. The topological polar surface area (TPSA) is 49.3 Å². The molecule has 0 spiro atoms. The first-order valence-electron chi connectivity index (χ1n) is 4.63. The Balaban J connectivity index is 2.14. The molecule has 16 heavy (non-hydrogen) atoms. The third-order valence-corrected chi connectivity index (χ3v) is 4.83. The molecule has 0 bridgehead atoms. The fourth-order valence-corrected chi connectivity index (χ4v) is 3.14. The molecule has 1 aliphatic rings. The lowest BCUT2D eigenvalue weighted by molar-refractivity contribution is -0.138. The predicted octanol–water partition coefficient (Wildman–Crippen LogP) is 2.89. The molecule has 2 rings (SSSR count). The number of rotatable bonds is 2. The molecule has 1 aliphatic heterocycles. The maximum atomic E-state index is 10.8. The third-order valence-electron chi connectivity index (χ3n) is 2.33. The molecule has 0 saturated carbocycles. The summed E-state index contributed by atoms with van der Waals surface area (Å²) in [6, 6.07) is 5.18. The van der Waals surface area contributed by atoms with E-state index in [1.54, 1.807) is 11.8 Å². The number of hydrogen-bond acceptors (Lipinski definition) is 3. The van der Waals surface area contributed by atoms with E-state index in [1.807, 2.05) is 18.2 Å². The van der Waals surface area contributed by atoms with Crippen LogP contribution in [0.5, 0.6) is 0 Å². The zero-order valence-corrected chi connectivity index (χ0v) is 11.3. The van der Waals surface area contributed by atoms with Gasteiger partial charge in [0.15, 0.2) is 0 Å². The van der Waals surface area contributed by atoms with Crippen molar-refractivity contribution in [2.24, 2.45) is 0 Å². The maximum Gasteiger partial charge on any atom is 0.321 e. The Morgan fingerprint density at radius 3 is 2.94 bits per heavy atom.